The van der Waals surface area contributed by atoms with Gasteiger partial charge in [0.1, 0.15) is 0 Å². The van der Waals surface area contributed by atoms with Gasteiger partial charge in [-0.05, 0) is 0 Å². The van der Waals surface area contributed by atoms with Crippen LogP contribution in [-0.4, -0.2) is 57.1 Å². The van der Waals surface area contributed by atoms with Gasteiger partial charge in [-0.3, -0.25) is 0 Å². The first kappa shape index (κ1) is 12.8. The Balaban J connectivity index is 4.19. The molecule has 0 aromatic carbocycles. The molecule has 0 radical (unpaired) electrons. The summed E-state index contributed by atoms with van der Waals surface area (Å²) in [6, 6.07) is 0. The summed E-state index contributed by atoms with van der Waals surface area (Å²) in [6.45, 7) is 0. The second kappa shape index (κ2) is 4.33. The Hall–Kier alpha value is 0.779. The van der Waals surface area contributed by atoms with Gasteiger partial charge < -0.3 is 0 Å². The van der Waals surface area contributed by atoms with Crippen molar-refractivity contribution in [2.24, 2.45) is 5.84 Å². The van der Waals surface area contributed by atoms with Crippen LogP contribution >= 0.6 is 0 Å². The maximum atomic E-state index is 10.1. The van der Waals surface area contributed by atoms with E-state index in [-0.39, 0.29) is 0 Å². The molecule has 8 nitrogen and oxygen atoms in total. The van der Waals surface area contributed by atoms with E-state index in [0.717, 1.165) is 0 Å². The summed E-state index contributed by atoms with van der Waals surface area (Å²) < 4.78 is 57.3. The van der Waals surface area contributed by atoms with Crippen molar-refractivity contribution in [3.63, 3.8) is 0 Å². The van der Waals surface area contributed by atoms with Gasteiger partial charge >= 0.3 is 80.0 Å². The van der Waals surface area contributed by atoms with Gasteiger partial charge in [0.2, 0.25) is 0 Å². The summed E-state index contributed by atoms with van der Waals surface area (Å²) in [5, 5.41) is 0. The van der Waals surface area contributed by atoms with Gasteiger partial charge in [0, 0.05) is 0 Å². The van der Waals surface area contributed by atoms with Crippen LogP contribution in [0.3, 0.4) is 0 Å². The third-order valence-corrected chi connectivity index (χ3v) is 9.21. The Morgan fingerprint density at radius 1 is 1.00 bits per heavy atom. The average molecular weight is 350 g/mol. The van der Waals surface area contributed by atoms with Gasteiger partial charge in [0.05, 0.1) is 0 Å². The van der Waals surface area contributed by atoms with Crippen LogP contribution in [0.15, 0.2) is 0 Å². The van der Waals surface area contributed by atoms with E-state index in [2.05, 4.69) is 0 Å². The number of nitrogens with zero attached hydrogens (tertiary/aromatic N) is 1. The SMILES string of the molecule is NN([Se]S(=O)(=O)O)[Se]S(=O)(=O)O. The number of rotatable bonds is 4. The third kappa shape index (κ3) is 8.87. The van der Waals surface area contributed by atoms with E-state index in [9.17, 15) is 16.8 Å². The van der Waals surface area contributed by atoms with Gasteiger partial charge in [-0.2, -0.15) is 0 Å². The zero-order chi connectivity index (χ0) is 9.99. The summed E-state index contributed by atoms with van der Waals surface area (Å²) in [5.74, 6) is 4.86. The molecule has 0 rings (SSSR count). The van der Waals surface area contributed by atoms with Crippen LogP contribution in [-0.2, 0) is 17.1 Å². The van der Waals surface area contributed by atoms with Crippen molar-refractivity contribution in [2.45, 2.75) is 0 Å². The van der Waals surface area contributed by atoms with Gasteiger partial charge in [0.15, 0.2) is 0 Å². The molecule has 0 unspecified atom stereocenters. The molecule has 0 saturated carbocycles. The molecule has 0 spiro atoms. The van der Waals surface area contributed by atoms with E-state index in [4.69, 9.17) is 14.9 Å². The van der Waals surface area contributed by atoms with Crippen molar-refractivity contribution in [3.8, 4) is 0 Å². The molecule has 12 heavy (non-hydrogen) atoms. The number of hydrogen-bond donors (Lipinski definition) is 3. The second-order valence-corrected chi connectivity index (χ2v) is 13.3. The molecule has 0 bridgehead atoms. The van der Waals surface area contributed by atoms with Crippen molar-refractivity contribution in [1.82, 2.24) is 3.04 Å². The Bertz CT molecular complexity index is 295. The van der Waals surface area contributed by atoms with Crippen LogP contribution in [0, 0.1) is 0 Å². The molecule has 0 aliphatic rings. The second-order valence-electron chi connectivity index (χ2n) is 1.29. The van der Waals surface area contributed by atoms with Crippen LogP contribution in [0.5, 0.6) is 0 Å². The molecular formula is H4N2O6S2Se2. The minimum absolute atomic E-state index is 0.366. The Morgan fingerprint density at radius 2 is 1.25 bits per heavy atom. The van der Waals surface area contributed by atoms with Gasteiger partial charge in [-0.1, -0.05) is 0 Å². The molecule has 0 fully saturated rings. The predicted octanol–water partition coefficient (Wildman–Crippen LogP) is -2.99. The normalized spacial score (nSPS) is 13.7. The van der Waals surface area contributed by atoms with Crippen molar-refractivity contribution < 1.29 is 25.9 Å². The molecule has 0 aromatic rings. The molecule has 0 aromatic heterocycles. The van der Waals surface area contributed by atoms with Crippen LogP contribution in [0.1, 0.15) is 0 Å². The van der Waals surface area contributed by atoms with E-state index in [1.165, 1.54) is 0 Å². The molecule has 0 heterocycles. The van der Waals surface area contributed by atoms with Crippen LogP contribution < -0.4 is 5.84 Å². The molecule has 4 N–H and O–H groups in total. The molecule has 0 atom stereocenters. The Morgan fingerprint density at radius 3 is 1.42 bits per heavy atom. The molecule has 0 aliphatic heterocycles. The molecule has 0 saturated heterocycles. The van der Waals surface area contributed by atoms with Crippen LogP contribution in [0.25, 0.3) is 0 Å². The Labute approximate surface area is 79.8 Å². The minimum atomic E-state index is -4.29. The summed E-state index contributed by atoms with van der Waals surface area (Å²) in [6.07, 6.45) is 0. The Kier molecular flexibility index (Phi) is 4.61. The molecule has 12 heteroatoms. The van der Waals surface area contributed by atoms with E-state index in [1.54, 1.807) is 0 Å². The molecule has 0 amide bonds. The number of nitrogens with two attached hydrogens (primary N) is 1. The molecule has 0 aliphatic carbocycles. The van der Waals surface area contributed by atoms with Gasteiger partial charge in [0.25, 0.3) is 0 Å². The summed E-state index contributed by atoms with van der Waals surface area (Å²) in [7, 11) is -8.58. The first-order valence-corrected chi connectivity index (χ1v) is 10.4. The predicted molar refractivity (Wildman–Crippen MR) is 40.6 cm³/mol. The molecule has 74 valence electrons. The topological polar surface area (TPSA) is 138 Å². The molecular weight excluding hydrogens is 346 g/mol. The van der Waals surface area contributed by atoms with Crippen molar-refractivity contribution in [3.05, 3.63) is 0 Å². The first-order chi connectivity index (χ1) is 5.10. The average Bonchev–Trinajstić information content (AvgIpc) is 1.49. The first-order valence-electron chi connectivity index (χ1n) is 1.99. The number of hydrazine groups is 1. The van der Waals surface area contributed by atoms with Crippen molar-refractivity contribution in [1.29, 1.82) is 0 Å². The monoisotopic (exact) mass is 352 g/mol. The van der Waals surface area contributed by atoms with E-state index in [0.29, 0.717) is 3.04 Å². The quantitative estimate of drug-likeness (QED) is 0.211. The van der Waals surface area contributed by atoms with Crippen molar-refractivity contribution >= 4 is 45.2 Å². The zero-order valence-corrected chi connectivity index (χ0v) is 10.2. The van der Waals surface area contributed by atoms with E-state index < -0.39 is 45.2 Å². The third-order valence-electron chi connectivity index (χ3n) is 0.335. The fourth-order valence-electron chi connectivity index (χ4n) is 0.198. The summed E-state index contributed by atoms with van der Waals surface area (Å²) in [4.78, 5) is 0. The standard InChI is InChI=1S/H4N2O6S2Se2/c1-2(11-9(3,4)5)12-10(6,7)8/h1H2,(H,3,4,5)(H,6,7,8). The van der Waals surface area contributed by atoms with Crippen LogP contribution in [0.4, 0.5) is 0 Å². The van der Waals surface area contributed by atoms with E-state index in [1.807, 2.05) is 0 Å². The number of hydrogen-bond acceptors (Lipinski definition) is 6. The van der Waals surface area contributed by atoms with Gasteiger partial charge in [-0.25, -0.2) is 0 Å². The summed E-state index contributed by atoms with van der Waals surface area (Å²) in [5.41, 5.74) is 0. The van der Waals surface area contributed by atoms with Crippen molar-refractivity contribution in [2.75, 3.05) is 0 Å². The maximum absolute atomic E-state index is 10.1. The fourth-order valence-corrected chi connectivity index (χ4v) is 10.9. The summed E-state index contributed by atoms with van der Waals surface area (Å²) >= 11 is -3.19. The van der Waals surface area contributed by atoms with E-state index >= 15 is 0 Å². The zero-order valence-electron chi connectivity index (χ0n) is 5.18. The fraction of sp³-hybridized carbons (Fsp3) is 0. The van der Waals surface area contributed by atoms with Crippen LogP contribution in [0.2, 0.25) is 0 Å². The van der Waals surface area contributed by atoms with Gasteiger partial charge in [-0.15, -0.1) is 0 Å².